The fraction of sp³-hybridized carbons (Fsp3) is 0.125. The topological polar surface area (TPSA) is 70.9 Å². The molecule has 6 heteroatoms. The van der Waals surface area contributed by atoms with Gasteiger partial charge in [-0.1, -0.05) is 35.9 Å². The average Bonchev–Trinajstić information content (AvgIpc) is 2.75. The van der Waals surface area contributed by atoms with E-state index in [2.05, 4.69) is 14.9 Å². The molecule has 3 rings (SSSR count). The fourth-order valence-corrected chi connectivity index (χ4v) is 3.42. The van der Waals surface area contributed by atoms with Gasteiger partial charge in [0.15, 0.2) is 5.84 Å². The summed E-state index contributed by atoms with van der Waals surface area (Å²) in [5, 5.41) is 4.12. The van der Waals surface area contributed by atoms with E-state index < -0.39 is 10.0 Å². The molecular formula is C16H15N3O2S. The van der Waals surface area contributed by atoms with Crippen LogP contribution in [0.5, 0.6) is 0 Å². The molecule has 2 aromatic rings. The molecular weight excluding hydrogens is 298 g/mol. The van der Waals surface area contributed by atoms with Crippen LogP contribution in [-0.4, -0.2) is 20.5 Å². The molecule has 0 unspecified atom stereocenters. The predicted molar refractivity (Wildman–Crippen MR) is 86.8 cm³/mol. The predicted octanol–water partition coefficient (Wildman–Crippen LogP) is 2.38. The molecule has 1 aliphatic rings. The van der Waals surface area contributed by atoms with E-state index in [-0.39, 0.29) is 10.7 Å². The maximum Gasteiger partial charge on any atom is 0.285 e. The number of hydrazone groups is 1. The Bertz CT molecular complexity index is 899. The summed E-state index contributed by atoms with van der Waals surface area (Å²) >= 11 is 0. The summed E-state index contributed by atoms with van der Waals surface area (Å²) in [7, 11) is -3.61. The van der Waals surface area contributed by atoms with Crippen molar-refractivity contribution in [2.75, 3.05) is 0 Å². The fourth-order valence-electron chi connectivity index (χ4n) is 2.25. The van der Waals surface area contributed by atoms with Crippen molar-refractivity contribution in [3.63, 3.8) is 0 Å². The average molecular weight is 313 g/mol. The molecule has 0 fully saturated rings. The number of fused-ring (bicyclic) bond motifs is 1. The minimum Gasteiger partial charge on any atom is -0.260 e. The summed E-state index contributed by atoms with van der Waals surface area (Å²) in [4.78, 5) is 0.208. The van der Waals surface area contributed by atoms with E-state index in [9.17, 15) is 8.42 Å². The summed E-state index contributed by atoms with van der Waals surface area (Å²) < 4.78 is 27.6. The number of aryl methyl sites for hydroxylation is 2. The van der Waals surface area contributed by atoms with E-state index in [4.69, 9.17) is 0 Å². The zero-order chi connectivity index (χ0) is 15.7. The Balaban J connectivity index is 1.86. The van der Waals surface area contributed by atoms with Crippen LogP contribution in [0.4, 0.5) is 0 Å². The Morgan fingerprint density at radius 2 is 1.91 bits per heavy atom. The minimum atomic E-state index is -3.61. The Kier molecular flexibility index (Phi) is 3.54. The Morgan fingerprint density at radius 3 is 2.73 bits per heavy atom. The van der Waals surface area contributed by atoms with Gasteiger partial charge in [-0.15, -0.1) is 4.40 Å². The molecule has 0 bridgehead atoms. The van der Waals surface area contributed by atoms with Gasteiger partial charge >= 0.3 is 0 Å². The van der Waals surface area contributed by atoms with E-state index in [1.807, 2.05) is 32.0 Å². The van der Waals surface area contributed by atoms with E-state index in [1.54, 1.807) is 24.4 Å². The largest absolute Gasteiger partial charge is 0.285 e. The molecule has 1 aliphatic heterocycles. The molecule has 0 radical (unpaired) electrons. The Morgan fingerprint density at radius 1 is 1.14 bits per heavy atom. The second-order valence-electron chi connectivity index (χ2n) is 5.14. The van der Waals surface area contributed by atoms with E-state index in [1.165, 1.54) is 6.07 Å². The van der Waals surface area contributed by atoms with Crippen LogP contribution >= 0.6 is 0 Å². The monoisotopic (exact) mass is 313 g/mol. The zero-order valence-electron chi connectivity index (χ0n) is 12.2. The lowest BCUT2D eigenvalue weighted by atomic mass is 10.1. The van der Waals surface area contributed by atoms with Crippen LogP contribution in [0.3, 0.4) is 0 Å². The first-order valence-electron chi connectivity index (χ1n) is 6.78. The summed E-state index contributed by atoms with van der Waals surface area (Å²) in [6, 6.07) is 12.8. The summed E-state index contributed by atoms with van der Waals surface area (Å²) in [5.74, 6) is 0.247. The molecule has 112 valence electrons. The van der Waals surface area contributed by atoms with Gasteiger partial charge < -0.3 is 0 Å². The highest BCUT2D eigenvalue weighted by atomic mass is 32.2. The number of amidine groups is 1. The number of rotatable bonds is 2. The third-order valence-corrected chi connectivity index (χ3v) is 4.78. The summed E-state index contributed by atoms with van der Waals surface area (Å²) in [6.07, 6.45) is 1.67. The highest BCUT2D eigenvalue weighted by Crippen LogP contribution is 2.24. The molecule has 0 atom stereocenters. The lowest BCUT2D eigenvalue weighted by molar-refractivity contribution is 0.599. The molecule has 0 aromatic heterocycles. The van der Waals surface area contributed by atoms with Crippen LogP contribution in [0, 0.1) is 13.8 Å². The molecule has 2 aromatic carbocycles. The first kappa shape index (κ1) is 14.5. The highest BCUT2D eigenvalue weighted by Gasteiger charge is 2.28. The molecule has 0 saturated heterocycles. The van der Waals surface area contributed by atoms with Gasteiger partial charge in [0, 0.05) is 5.56 Å². The number of hydrogen-bond acceptors (Lipinski definition) is 4. The third-order valence-electron chi connectivity index (χ3n) is 3.44. The quantitative estimate of drug-likeness (QED) is 0.683. The number of benzene rings is 2. The van der Waals surface area contributed by atoms with E-state index >= 15 is 0 Å². The molecule has 22 heavy (non-hydrogen) atoms. The molecule has 1 N–H and O–H groups in total. The summed E-state index contributed by atoms with van der Waals surface area (Å²) in [6.45, 7) is 4.00. The second-order valence-corrected chi connectivity index (χ2v) is 6.71. The van der Waals surface area contributed by atoms with Crippen LogP contribution < -0.4 is 5.43 Å². The Labute approximate surface area is 129 Å². The van der Waals surface area contributed by atoms with Crippen LogP contribution in [0.15, 0.2) is 56.9 Å². The molecule has 5 nitrogen and oxygen atoms in total. The molecule has 0 aliphatic carbocycles. The van der Waals surface area contributed by atoms with Crippen molar-refractivity contribution in [3.05, 3.63) is 64.7 Å². The number of nitrogens with zero attached hydrogens (tertiary/aromatic N) is 2. The van der Waals surface area contributed by atoms with Gasteiger partial charge in [-0.3, -0.25) is 5.43 Å². The van der Waals surface area contributed by atoms with Crippen LogP contribution in [0.1, 0.15) is 22.3 Å². The number of sulfonamides is 1. The summed E-state index contributed by atoms with van der Waals surface area (Å²) in [5.41, 5.74) is 6.48. The molecule has 0 spiro atoms. The SMILES string of the molecule is Cc1ccc(C)c(/C=N\NC2=NS(=O)(=O)c3ccccc32)c1. The Hall–Kier alpha value is -2.47. The van der Waals surface area contributed by atoms with Crippen molar-refractivity contribution in [2.24, 2.45) is 9.50 Å². The van der Waals surface area contributed by atoms with Crippen molar-refractivity contribution < 1.29 is 8.42 Å². The van der Waals surface area contributed by atoms with Crippen LogP contribution in [0.25, 0.3) is 0 Å². The van der Waals surface area contributed by atoms with Crippen molar-refractivity contribution in [3.8, 4) is 0 Å². The second kappa shape index (κ2) is 5.38. The maximum absolute atomic E-state index is 11.9. The standard InChI is InChI=1S/C16H15N3O2S/c1-11-7-8-12(2)13(9-11)10-17-18-16-14-5-3-4-6-15(14)22(20,21)19-16/h3-10H,1-2H3,(H,18,19)/b17-10-. The van der Waals surface area contributed by atoms with Gasteiger partial charge in [0.25, 0.3) is 10.0 Å². The number of hydrogen-bond donors (Lipinski definition) is 1. The maximum atomic E-state index is 11.9. The van der Waals surface area contributed by atoms with E-state index in [0.29, 0.717) is 5.56 Å². The number of nitrogens with one attached hydrogen (secondary N) is 1. The van der Waals surface area contributed by atoms with Crippen molar-refractivity contribution in [2.45, 2.75) is 18.7 Å². The van der Waals surface area contributed by atoms with Crippen molar-refractivity contribution in [1.82, 2.24) is 5.43 Å². The van der Waals surface area contributed by atoms with Crippen LogP contribution in [-0.2, 0) is 10.0 Å². The van der Waals surface area contributed by atoms with E-state index in [0.717, 1.165) is 16.7 Å². The van der Waals surface area contributed by atoms with Gasteiger partial charge in [0.1, 0.15) is 4.90 Å². The van der Waals surface area contributed by atoms with Crippen LogP contribution in [0.2, 0.25) is 0 Å². The van der Waals surface area contributed by atoms with Gasteiger partial charge in [0.2, 0.25) is 0 Å². The smallest absolute Gasteiger partial charge is 0.260 e. The third kappa shape index (κ3) is 2.65. The lowest BCUT2D eigenvalue weighted by Crippen LogP contribution is -2.17. The minimum absolute atomic E-state index is 0.208. The van der Waals surface area contributed by atoms with Gasteiger partial charge in [0.05, 0.1) is 6.21 Å². The van der Waals surface area contributed by atoms with Gasteiger partial charge in [-0.2, -0.15) is 13.5 Å². The lowest BCUT2D eigenvalue weighted by Gasteiger charge is -2.03. The first-order chi connectivity index (χ1) is 10.5. The highest BCUT2D eigenvalue weighted by molar-refractivity contribution is 7.90. The van der Waals surface area contributed by atoms with Crippen molar-refractivity contribution in [1.29, 1.82) is 0 Å². The molecule has 1 heterocycles. The van der Waals surface area contributed by atoms with Crippen molar-refractivity contribution >= 4 is 22.1 Å². The first-order valence-corrected chi connectivity index (χ1v) is 8.22. The zero-order valence-corrected chi connectivity index (χ0v) is 13.1. The molecule has 0 amide bonds. The molecule has 0 saturated carbocycles. The van der Waals surface area contributed by atoms with Gasteiger partial charge in [-0.25, -0.2) is 0 Å². The van der Waals surface area contributed by atoms with Gasteiger partial charge in [-0.05, 0) is 37.1 Å². The normalized spacial score (nSPS) is 15.6.